The third-order valence-corrected chi connectivity index (χ3v) is 4.40. The minimum atomic E-state index is -0.0119. The molecule has 2 aromatic heterocycles. The fourth-order valence-electron chi connectivity index (χ4n) is 2.99. The van der Waals surface area contributed by atoms with Crippen LogP contribution < -0.4 is 5.32 Å². The summed E-state index contributed by atoms with van der Waals surface area (Å²) in [5.41, 5.74) is 1.14. The molecule has 1 aliphatic rings. The monoisotopic (exact) mass is 333 g/mol. The summed E-state index contributed by atoms with van der Waals surface area (Å²) in [5.74, 6) is 1.78. The Bertz CT molecular complexity index is 652. The predicted octanol–water partition coefficient (Wildman–Crippen LogP) is 2.59. The first kappa shape index (κ1) is 17.1. The van der Waals surface area contributed by atoms with E-state index in [0.29, 0.717) is 17.6 Å². The molecule has 0 aliphatic carbocycles. The average Bonchev–Trinajstić information content (AvgIpc) is 3.18. The van der Waals surface area contributed by atoms with Gasteiger partial charge < -0.3 is 14.6 Å². The largest absolute Gasteiger partial charge is 0.381 e. The molecule has 2 aromatic rings. The number of nitrogens with zero attached hydrogens (tertiary/aromatic N) is 4. The molecule has 0 unspecified atom stereocenters. The second-order valence-electron chi connectivity index (χ2n) is 7.45. The van der Waals surface area contributed by atoms with Gasteiger partial charge in [0, 0.05) is 31.5 Å². The molecule has 1 N–H and O–H groups in total. The Morgan fingerprint density at radius 2 is 2.08 bits per heavy atom. The van der Waals surface area contributed by atoms with Crippen LogP contribution in [-0.2, 0) is 16.8 Å². The third-order valence-electron chi connectivity index (χ3n) is 4.40. The molecule has 1 atom stereocenters. The number of hydrogen-bond acceptors (Lipinski definition) is 6. The highest BCUT2D eigenvalue weighted by Crippen LogP contribution is 2.29. The van der Waals surface area contributed by atoms with Gasteiger partial charge in [-0.3, -0.25) is 4.68 Å². The number of rotatable bonds is 5. The molecule has 0 saturated carbocycles. The summed E-state index contributed by atoms with van der Waals surface area (Å²) in [5, 5.41) is 12.0. The van der Waals surface area contributed by atoms with Crippen molar-refractivity contribution in [2.75, 3.05) is 13.2 Å². The van der Waals surface area contributed by atoms with Gasteiger partial charge in [0.25, 0.3) is 0 Å². The van der Waals surface area contributed by atoms with Gasteiger partial charge in [0.1, 0.15) is 0 Å². The van der Waals surface area contributed by atoms with Crippen LogP contribution in [-0.4, -0.2) is 33.1 Å². The highest BCUT2D eigenvalue weighted by molar-refractivity contribution is 5.06. The van der Waals surface area contributed by atoms with Crippen LogP contribution >= 0.6 is 0 Å². The van der Waals surface area contributed by atoms with E-state index in [4.69, 9.17) is 9.26 Å². The van der Waals surface area contributed by atoms with Gasteiger partial charge in [-0.15, -0.1) is 0 Å². The molecular weight excluding hydrogens is 306 g/mol. The zero-order valence-electron chi connectivity index (χ0n) is 15.0. The summed E-state index contributed by atoms with van der Waals surface area (Å²) in [6.07, 6.45) is 6.01. The van der Waals surface area contributed by atoms with E-state index < -0.39 is 0 Å². The Morgan fingerprint density at radius 3 is 2.67 bits per heavy atom. The minimum absolute atomic E-state index is 0.0119. The lowest BCUT2D eigenvalue weighted by atomic mass is 9.91. The molecule has 0 amide bonds. The molecule has 1 fully saturated rings. The summed E-state index contributed by atoms with van der Waals surface area (Å²) >= 11 is 0. The van der Waals surface area contributed by atoms with Gasteiger partial charge in [0.05, 0.1) is 17.8 Å². The zero-order valence-corrected chi connectivity index (χ0v) is 15.0. The second kappa shape index (κ2) is 7.03. The predicted molar refractivity (Wildman–Crippen MR) is 89.4 cm³/mol. The van der Waals surface area contributed by atoms with Crippen LogP contribution in [0.2, 0.25) is 0 Å². The Balaban J connectivity index is 1.71. The number of aryl methyl sites for hydroxylation is 1. The van der Waals surface area contributed by atoms with Crippen LogP contribution in [0.15, 0.2) is 16.9 Å². The van der Waals surface area contributed by atoms with Gasteiger partial charge in [-0.2, -0.15) is 10.1 Å². The maximum atomic E-state index is 5.49. The van der Waals surface area contributed by atoms with Crippen molar-refractivity contribution in [3.05, 3.63) is 29.7 Å². The molecule has 24 heavy (non-hydrogen) atoms. The van der Waals surface area contributed by atoms with Crippen molar-refractivity contribution in [2.45, 2.75) is 58.7 Å². The summed E-state index contributed by atoms with van der Waals surface area (Å²) in [6, 6.07) is 0.0492. The van der Waals surface area contributed by atoms with Crippen molar-refractivity contribution in [1.29, 1.82) is 0 Å². The molecule has 1 saturated heterocycles. The second-order valence-corrected chi connectivity index (χ2v) is 7.45. The van der Waals surface area contributed by atoms with Crippen molar-refractivity contribution in [1.82, 2.24) is 25.2 Å². The van der Waals surface area contributed by atoms with Crippen LogP contribution in [0.3, 0.4) is 0 Å². The van der Waals surface area contributed by atoms with Crippen molar-refractivity contribution in [2.24, 2.45) is 5.92 Å². The van der Waals surface area contributed by atoms with Gasteiger partial charge in [0.15, 0.2) is 5.82 Å². The highest BCUT2D eigenvalue weighted by Gasteiger charge is 2.29. The molecule has 132 valence electrons. The van der Waals surface area contributed by atoms with Gasteiger partial charge in [-0.25, -0.2) is 0 Å². The quantitative estimate of drug-likeness (QED) is 0.906. The Morgan fingerprint density at radius 1 is 1.33 bits per heavy atom. The van der Waals surface area contributed by atoms with Gasteiger partial charge in [0.2, 0.25) is 5.89 Å². The normalized spacial score (nSPS) is 18.0. The molecule has 0 radical (unpaired) electrons. The van der Waals surface area contributed by atoms with Crippen LogP contribution in [0, 0.1) is 12.8 Å². The maximum Gasteiger partial charge on any atom is 0.244 e. The maximum absolute atomic E-state index is 5.49. The topological polar surface area (TPSA) is 78.0 Å². The van der Waals surface area contributed by atoms with E-state index in [1.807, 2.05) is 17.8 Å². The van der Waals surface area contributed by atoms with Gasteiger partial charge >= 0.3 is 0 Å². The molecule has 7 heteroatoms. The zero-order chi connectivity index (χ0) is 17.2. The summed E-state index contributed by atoms with van der Waals surface area (Å²) in [4.78, 5) is 4.44. The van der Waals surface area contributed by atoms with Crippen molar-refractivity contribution in [3.63, 3.8) is 0 Å². The Labute approximate surface area is 142 Å². The molecule has 0 aromatic carbocycles. The van der Waals surface area contributed by atoms with Crippen LogP contribution in [0.1, 0.15) is 56.9 Å². The van der Waals surface area contributed by atoms with Crippen molar-refractivity contribution < 1.29 is 9.26 Å². The van der Waals surface area contributed by atoms with E-state index in [-0.39, 0.29) is 11.6 Å². The van der Waals surface area contributed by atoms with Crippen molar-refractivity contribution >= 4 is 0 Å². The first-order chi connectivity index (χ1) is 11.4. The Kier molecular flexibility index (Phi) is 5.01. The molecule has 1 aliphatic heterocycles. The van der Waals surface area contributed by atoms with Gasteiger partial charge in [-0.1, -0.05) is 5.16 Å². The number of nitrogens with one attached hydrogen (secondary N) is 1. The summed E-state index contributed by atoms with van der Waals surface area (Å²) in [7, 11) is 0. The standard InChI is InChI=1S/C17H27N5O2/c1-12-20-16(24-21-12)15(14-5-7-23-8-6-14)18-9-13-10-19-22(11-13)17(2,3)4/h10-11,14-15,18H,5-9H2,1-4H3/t15-/m1/s1. The lowest BCUT2D eigenvalue weighted by Gasteiger charge is -2.28. The van der Waals surface area contributed by atoms with Crippen molar-refractivity contribution in [3.8, 4) is 0 Å². The molecule has 7 nitrogen and oxygen atoms in total. The minimum Gasteiger partial charge on any atom is -0.381 e. The summed E-state index contributed by atoms with van der Waals surface area (Å²) in [6.45, 7) is 10.6. The van der Waals surface area contributed by atoms with E-state index in [1.165, 1.54) is 0 Å². The Hall–Kier alpha value is -1.73. The van der Waals surface area contributed by atoms with E-state index in [2.05, 4.69) is 47.5 Å². The van der Waals surface area contributed by atoms with Crippen LogP contribution in [0.5, 0.6) is 0 Å². The van der Waals surface area contributed by atoms with Crippen LogP contribution in [0.4, 0.5) is 0 Å². The lowest BCUT2D eigenvalue weighted by Crippen LogP contribution is -2.32. The average molecular weight is 333 g/mol. The first-order valence-electron chi connectivity index (χ1n) is 8.59. The van der Waals surface area contributed by atoms with E-state index in [0.717, 1.165) is 38.2 Å². The molecule has 0 bridgehead atoms. The fraction of sp³-hybridized carbons (Fsp3) is 0.706. The SMILES string of the molecule is Cc1noc([C@H](NCc2cnn(C(C)(C)C)c2)C2CCOCC2)n1. The fourth-order valence-corrected chi connectivity index (χ4v) is 2.99. The number of ether oxygens (including phenoxy) is 1. The van der Waals surface area contributed by atoms with Gasteiger partial charge in [-0.05, 0) is 46.5 Å². The summed E-state index contributed by atoms with van der Waals surface area (Å²) < 4.78 is 12.9. The molecular formula is C17H27N5O2. The first-order valence-corrected chi connectivity index (χ1v) is 8.59. The van der Waals surface area contributed by atoms with Crippen LogP contribution in [0.25, 0.3) is 0 Å². The van der Waals surface area contributed by atoms with E-state index in [1.54, 1.807) is 0 Å². The number of hydrogen-bond donors (Lipinski definition) is 1. The van der Waals surface area contributed by atoms with E-state index in [9.17, 15) is 0 Å². The van der Waals surface area contributed by atoms with E-state index >= 15 is 0 Å². The molecule has 3 rings (SSSR count). The molecule has 3 heterocycles. The smallest absolute Gasteiger partial charge is 0.244 e. The third kappa shape index (κ3) is 4.02. The molecule has 0 spiro atoms. The lowest BCUT2D eigenvalue weighted by molar-refractivity contribution is 0.0485. The number of aromatic nitrogens is 4. The highest BCUT2D eigenvalue weighted by atomic mass is 16.5.